The van der Waals surface area contributed by atoms with Gasteiger partial charge in [0.1, 0.15) is 12.1 Å². The number of piperidine rings is 1. The SMILES string of the molecule is O=C(O)[C@@H]1CC[C@H](c2ccccc2Cl)N1C(=O)c1ccc(N2CCCCC2)cc1.O=C(O)[C@@H]1CC[C@H](c2ccccc2Cl)N1C(=O)c1ccc(N2CCOCC2)cc1. The Balaban J connectivity index is 0.000000177. The molecular weight excluding hydrogens is 779 g/mol. The third kappa shape index (κ3) is 8.97. The minimum absolute atomic E-state index is 0.259. The molecule has 11 nitrogen and oxygen atoms in total. The number of carbonyl (C=O) groups is 4. The number of hydrogen-bond donors (Lipinski definition) is 2. The average molecular weight is 828 g/mol. The highest BCUT2D eigenvalue weighted by Gasteiger charge is 2.44. The van der Waals surface area contributed by atoms with E-state index in [9.17, 15) is 29.4 Å². The van der Waals surface area contributed by atoms with Crippen molar-refractivity contribution in [3.63, 3.8) is 0 Å². The summed E-state index contributed by atoms with van der Waals surface area (Å²) in [5.74, 6) is -2.51. The van der Waals surface area contributed by atoms with Gasteiger partial charge in [-0.1, -0.05) is 59.6 Å². The summed E-state index contributed by atoms with van der Waals surface area (Å²) >= 11 is 12.7. The van der Waals surface area contributed by atoms with Gasteiger partial charge in [0.2, 0.25) is 0 Å². The first-order valence-corrected chi connectivity index (χ1v) is 20.8. The molecule has 4 aromatic rings. The maximum Gasteiger partial charge on any atom is 0.326 e. The molecule has 0 saturated carbocycles. The van der Waals surface area contributed by atoms with Crippen LogP contribution < -0.4 is 9.80 Å². The number of carboxylic acid groups (broad SMARTS) is 2. The normalized spacial score (nSPS) is 22.0. The number of halogens is 2. The Morgan fingerprint density at radius 2 is 0.914 bits per heavy atom. The fourth-order valence-corrected chi connectivity index (χ4v) is 9.20. The summed E-state index contributed by atoms with van der Waals surface area (Å²) in [4.78, 5) is 57.9. The lowest BCUT2D eigenvalue weighted by Gasteiger charge is -2.30. The van der Waals surface area contributed by atoms with Crippen LogP contribution in [0.5, 0.6) is 0 Å². The van der Waals surface area contributed by atoms with Crippen molar-refractivity contribution in [3.05, 3.63) is 129 Å². The zero-order valence-electron chi connectivity index (χ0n) is 32.2. The van der Waals surface area contributed by atoms with Gasteiger partial charge in [0.25, 0.3) is 11.8 Å². The van der Waals surface area contributed by atoms with Crippen LogP contribution in [0.25, 0.3) is 0 Å². The molecule has 58 heavy (non-hydrogen) atoms. The Labute approximate surface area is 348 Å². The summed E-state index contributed by atoms with van der Waals surface area (Å²) < 4.78 is 5.38. The Bertz CT molecular complexity index is 1940. The van der Waals surface area contributed by atoms with E-state index in [0.717, 1.165) is 48.7 Å². The van der Waals surface area contributed by atoms with Gasteiger partial charge in [0.05, 0.1) is 25.3 Å². The first-order valence-electron chi connectivity index (χ1n) is 20.0. The second-order valence-corrected chi connectivity index (χ2v) is 15.9. The maximum atomic E-state index is 13.4. The van der Waals surface area contributed by atoms with E-state index in [1.807, 2.05) is 72.8 Å². The van der Waals surface area contributed by atoms with Crippen LogP contribution in [0.15, 0.2) is 97.1 Å². The van der Waals surface area contributed by atoms with Crippen LogP contribution in [0.4, 0.5) is 11.4 Å². The number of morpholine rings is 1. The average Bonchev–Trinajstić information content (AvgIpc) is 3.91. The molecule has 2 N–H and O–H groups in total. The fraction of sp³-hybridized carbons (Fsp3) is 0.378. The number of nitrogens with zero attached hydrogens (tertiary/aromatic N) is 4. The van der Waals surface area contributed by atoms with Crippen LogP contribution in [0, 0.1) is 0 Å². The standard InChI is InChI=1S/C23H25ClN2O3.C22H23ClN2O4/c24-19-7-3-2-6-18(19)20-12-13-21(23(28)29)26(20)22(27)16-8-10-17(11-9-16)25-14-4-1-5-15-25;23-18-4-2-1-3-17(18)19-9-10-20(22(27)28)25(19)21(26)15-5-7-16(8-6-15)24-11-13-29-14-12-24/h2-3,6-11,20-21H,1,4-5,12-15H2,(H,28,29);1-8,19-20H,9-14H2,(H,27,28)/t20-,21+;19-,20+/m11/s1. The lowest BCUT2D eigenvalue weighted by Crippen LogP contribution is -2.42. The Morgan fingerprint density at radius 1 is 0.517 bits per heavy atom. The predicted molar refractivity (Wildman–Crippen MR) is 224 cm³/mol. The van der Waals surface area contributed by atoms with Gasteiger partial charge in [-0.2, -0.15) is 0 Å². The quantitative estimate of drug-likeness (QED) is 0.180. The largest absolute Gasteiger partial charge is 0.480 e. The van der Waals surface area contributed by atoms with Crippen LogP contribution >= 0.6 is 23.2 Å². The van der Waals surface area contributed by atoms with Gasteiger partial charge in [0, 0.05) is 58.7 Å². The number of anilines is 2. The smallest absolute Gasteiger partial charge is 0.326 e. The molecule has 2 amide bonds. The molecule has 4 aliphatic heterocycles. The van der Waals surface area contributed by atoms with E-state index in [2.05, 4.69) is 9.80 Å². The van der Waals surface area contributed by atoms with E-state index in [-0.39, 0.29) is 23.9 Å². The molecule has 4 aliphatic rings. The Morgan fingerprint density at radius 3 is 1.31 bits per heavy atom. The number of hydrogen-bond acceptors (Lipinski definition) is 7. The number of benzene rings is 4. The fourth-order valence-electron chi connectivity index (χ4n) is 8.68. The van der Waals surface area contributed by atoms with Crippen molar-refractivity contribution in [3.8, 4) is 0 Å². The molecule has 0 aromatic heterocycles. The van der Waals surface area contributed by atoms with Crippen LogP contribution in [0.3, 0.4) is 0 Å². The highest BCUT2D eigenvalue weighted by Crippen LogP contribution is 2.42. The molecular formula is C45H48Cl2N4O7. The topological polar surface area (TPSA) is 131 Å². The second-order valence-electron chi connectivity index (χ2n) is 15.1. The number of rotatable bonds is 8. The molecule has 0 radical (unpaired) electrons. The molecule has 4 aromatic carbocycles. The number of carboxylic acids is 2. The van der Waals surface area contributed by atoms with Crippen molar-refractivity contribution >= 4 is 58.3 Å². The molecule has 0 spiro atoms. The Kier molecular flexibility index (Phi) is 13.2. The van der Waals surface area contributed by atoms with Crippen molar-refractivity contribution in [2.24, 2.45) is 0 Å². The third-order valence-electron chi connectivity index (χ3n) is 11.7. The molecule has 4 heterocycles. The molecule has 0 bridgehead atoms. The second kappa shape index (κ2) is 18.7. The molecule has 13 heteroatoms. The van der Waals surface area contributed by atoms with Crippen molar-refractivity contribution in [2.45, 2.75) is 69.1 Å². The number of aliphatic carboxylic acids is 2. The molecule has 4 atom stereocenters. The van der Waals surface area contributed by atoms with E-state index in [1.54, 1.807) is 24.3 Å². The molecule has 8 rings (SSSR count). The van der Waals surface area contributed by atoms with Crippen LogP contribution in [0.1, 0.15) is 88.9 Å². The summed E-state index contributed by atoms with van der Waals surface area (Å²) in [6.45, 7) is 5.08. The Hall–Kier alpha value is -5.10. The summed E-state index contributed by atoms with van der Waals surface area (Å²) in [6, 6.07) is 27.2. The molecule has 0 aliphatic carbocycles. The van der Waals surface area contributed by atoms with E-state index in [4.69, 9.17) is 27.9 Å². The van der Waals surface area contributed by atoms with Gasteiger partial charge in [0.15, 0.2) is 0 Å². The van der Waals surface area contributed by atoms with Gasteiger partial charge >= 0.3 is 11.9 Å². The molecule has 304 valence electrons. The molecule has 0 unspecified atom stereocenters. The minimum Gasteiger partial charge on any atom is -0.480 e. The predicted octanol–water partition coefficient (Wildman–Crippen LogP) is 8.37. The van der Waals surface area contributed by atoms with E-state index >= 15 is 0 Å². The highest BCUT2D eigenvalue weighted by molar-refractivity contribution is 6.31. The number of amides is 2. The first-order chi connectivity index (χ1) is 28.1. The first kappa shape index (κ1) is 41.1. The minimum atomic E-state index is -0.988. The van der Waals surface area contributed by atoms with Crippen LogP contribution in [-0.2, 0) is 14.3 Å². The molecule has 4 fully saturated rings. The summed E-state index contributed by atoms with van der Waals surface area (Å²) in [6.07, 6.45) is 5.62. The molecule has 4 saturated heterocycles. The van der Waals surface area contributed by atoms with E-state index in [0.29, 0.717) is 60.1 Å². The third-order valence-corrected chi connectivity index (χ3v) is 12.4. The zero-order chi connectivity index (χ0) is 40.8. The van der Waals surface area contributed by atoms with Crippen LogP contribution in [-0.4, -0.2) is 95.2 Å². The van der Waals surface area contributed by atoms with Crippen molar-refractivity contribution < 1.29 is 34.1 Å². The van der Waals surface area contributed by atoms with Gasteiger partial charge in [-0.3, -0.25) is 9.59 Å². The van der Waals surface area contributed by atoms with Gasteiger partial charge in [-0.25, -0.2) is 9.59 Å². The van der Waals surface area contributed by atoms with Crippen molar-refractivity contribution in [1.82, 2.24) is 9.80 Å². The number of ether oxygens (including phenoxy) is 1. The van der Waals surface area contributed by atoms with Crippen LogP contribution in [0.2, 0.25) is 10.0 Å². The van der Waals surface area contributed by atoms with Crippen molar-refractivity contribution in [2.75, 3.05) is 49.2 Å². The summed E-state index contributed by atoms with van der Waals surface area (Å²) in [5.41, 5.74) is 4.72. The summed E-state index contributed by atoms with van der Waals surface area (Å²) in [5, 5.41) is 20.5. The highest BCUT2D eigenvalue weighted by atomic mass is 35.5. The maximum absolute atomic E-state index is 13.4. The number of carbonyl (C=O) groups excluding carboxylic acids is 2. The van der Waals surface area contributed by atoms with E-state index < -0.39 is 24.0 Å². The van der Waals surface area contributed by atoms with Crippen molar-refractivity contribution in [1.29, 1.82) is 0 Å². The van der Waals surface area contributed by atoms with Gasteiger partial charge in [-0.15, -0.1) is 0 Å². The summed E-state index contributed by atoms with van der Waals surface area (Å²) in [7, 11) is 0. The van der Waals surface area contributed by atoms with Gasteiger partial charge in [-0.05, 0) is 117 Å². The zero-order valence-corrected chi connectivity index (χ0v) is 33.7. The monoisotopic (exact) mass is 826 g/mol. The lowest BCUT2D eigenvalue weighted by atomic mass is 10.0. The van der Waals surface area contributed by atoms with E-state index in [1.165, 1.54) is 29.1 Å². The number of likely N-dealkylation sites (tertiary alicyclic amines) is 2. The van der Waals surface area contributed by atoms with Gasteiger partial charge < -0.3 is 34.5 Å². The lowest BCUT2D eigenvalue weighted by molar-refractivity contribution is -0.142.